The normalized spacial score (nSPS) is 16.8. The van der Waals surface area contributed by atoms with Crippen LogP contribution in [0.1, 0.15) is 6.42 Å². The van der Waals surface area contributed by atoms with E-state index in [1.165, 1.54) is 4.90 Å². The van der Waals surface area contributed by atoms with Gasteiger partial charge in [0.15, 0.2) is 0 Å². The van der Waals surface area contributed by atoms with Crippen molar-refractivity contribution >= 4 is 40.9 Å². The fraction of sp³-hybridized carbons (Fsp3) is 0.467. The summed E-state index contributed by atoms with van der Waals surface area (Å²) >= 11 is 7.52. The molecule has 5 nitrogen and oxygen atoms in total. The highest BCUT2D eigenvalue weighted by Crippen LogP contribution is 2.21. The average Bonchev–Trinajstić information content (AvgIpc) is 2.51. The lowest BCUT2D eigenvalue weighted by Crippen LogP contribution is -2.54. The fourth-order valence-corrected chi connectivity index (χ4v) is 2.99. The molecule has 0 saturated carbocycles. The number of nitrogens with zero attached hydrogens (tertiary/aromatic N) is 2. The van der Waals surface area contributed by atoms with Gasteiger partial charge in [0, 0.05) is 23.8 Å². The lowest BCUT2D eigenvalue weighted by Gasteiger charge is -2.35. The molecule has 0 aliphatic carbocycles. The van der Waals surface area contributed by atoms with E-state index in [1.807, 2.05) is 12.3 Å². The molecule has 120 valence electrons. The molecule has 1 atom stereocenters. The Kier molecular flexibility index (Phi) is 6.11. The highest BCUT2D eigenvalue weighted by Gasteiger charge is 2.30. The monoisotopic (exact) mass is 342 g/mol. The van der Waals surface area contributed by atoms with Gasteiger partial charge in [0.05, 0.1) is 0 Å². The Bertz CT molecular complexity index is 555. The topological polar surface area (TPSA) is 60.9 Å². The molecule has 0 radical (unpaired) electrons. The van der Waals surface area contributed by atoms with Crippen LogP contribution in [0.3, 0.4) is 0 Å². The Labute approximate surface area is 139 Å². The minimum Gasteiger partial charge on any atom is -0.383 e. The van der Waals surface area contributed by atoms with Gasteiger partial charge in [-0.1, -0.05) is 17.7 Å². The molecule has 2 rings (SSSR count). The Morgan fingerprint density at radius 1 is 1.45 bits per heavy atom. The van der Waals surface area contributed by atoms with Gasteiger partial charge in [0.25, 0.3) is 5.91 Å². The number of thioether (sulfide) groups is 1. The average molecular weight is 343 g/mol. The molecule has 1 saturated heterocycles. The predicted octanol–water partition coefficient (Wildman–Crippen LogP) is 1.63. The molecule has 7 heteroatoms. The number of benzene rings is 1. The molecule has 1 fully saturated rings. The number of anilines is 1. The molecule has 1 N–H and O–H groups in total. The molecule has 0 spiro atoms. The molecular formula is C15H19ClN2O3S. The second-order valence-corrected chi connectivity index (χ2v) is 6.50. The lowest BCUT2D eigenvalue weighted by molar-refractivity contribution is -0.144. The number of amides is 2. The molecular weight excluding hydrogens is 324 g/mol. The van der Waals surface area contributed by atoms with Crippen molar-refractivity contribution in [2.45, 2.75) is 12.5 Å². The number of hydrogen-bond donors (Lipinski definition) is 1. The molecule has 1 aliphatic heterocycles. The summed E-state index contributed by atoms with van der Waals surface area (Å²) in [5.74, 6) is 0.177. The van der Waals surface area contributed by atoms with Gasteiger partial charge >= 0.3 is 0 Å². The summed E-state index contributed by atoms with van der Waals surface area (Å²) in [6.07, 6.45) is 1.30. The number of carbonyl (C=O) groups is 2. The molecule has 22 heavy (non-hydrogen) atoms. The Hall–Kier alpha value is -1.24. The number of halogens is 1. The standard InChI is InChI=1S/C15H19ClN2O3S/c1-22-8-5-13(19)15(21)17-6-7-18(14(20)10-17)12-4-2-3-11(16)9-12/h2-4,9,13,19H,5-8,10H2,1H3/t13-/m1/s1. The van der Waals surface area contributed by atoms with Crippen molar-refractivity contribution in [2.24, 2.45) is 0 Å². The summed E-state index contributed by atoms with van der Waals surface area (Å²) in [4.78, 5) is 27.4. The van der Waals surface area contributed by atoms with Gasteiger partial charge in [-0.05, 0) is 36.6 Å². The molecule has 0 aromatic heterocycles. The number of hydrogen-bond acceptors (Lipinski definition) is 4. The van der Waals surface area contributed by atoms with Gasteiger partial charge < -0.3 is 14.9 Å². The SMILES string of the molecule is CSCC[C@@H](O)C(=O)N1CCN(c2cccc(Cl)c2)C(=O)C1. The van der Waals surface area contributed by atoms with Crippen LogP contribution >= 0.6 is 23.4 Å². The zero-order valence-electron chi connectivity index (χ0n) is 12.4. The van der Waals surface area contributed by atoms with E-state index in [9.17, 15) is 14.7 Å². The maximum absolute atomic E-state index is 12.3. The van der Waals surface area contributed by atoms with Crippen molar-refractivity contribution in [1.29, 1.82) is 0 Å². The summed E-state index contributed by atoms with van der Waals surface area (Å²) < 4.78 is 0. The molecule has 1 aromatic rings. The van der Waals surface area contributed by atoms with Crippen LogP contribution in [-0.2, 0) is 9.59 Å². The van der Waals surface area contributed by atoms with Gasteiger partial charge in [0.2, 0.25) is 5.91 Å². The van der Waals surface area contributed by atoms with Crippen molar-refractivity contribution in [3.63, 3.8) is 0 Å². The fourth-order valence-electron chi connectivity index (χ4n) is 2.34. The smallest absolute Gasteiger partial charge is 0.251 e. The second-order valence-electron chi connectivity index (χ2n) is 5.08. The van der Waals surface area contributed by atoms with Crippen LogP contribution in [0.2, 0.25) is 5.02 Å². The molecule has 1 aliphatic rings. The summed E-state index contributed by atoms with van der Waals surface area (Å²) in [7, 11) is 0. The van der Waals surface area contributed by atoms with Crippen LogP contribution in [0.25, 0.3) is 0 Å². The summed E-state index contributed by atoms with van der Waals surface area (Å²) in [6, 6.07) is 7.07. The first kappa shape index (κ1) is 17.1. The minimum atomic E-state index is -1.03. The third-order valence-electron chi connectivity index (χ3n) is 3.53. The second kappa shape index (κ2) is 7.85. The molecule has 0 bridgehead atoms. The first-order valence-electron chi connectivity index (χ1n) is 7.04. The van der Waals surface area contributed by atoms with E-state index in [-0.39, 0.29) is 18.4 Å². The summed E-state index contributed by atoms with van der Waals surface area (Å²) in [5.41, 5.74) is 0.729. The maximum atomic E-state index is 12.3. The van der Waals surface area contributed by atoms with E-state index in [0.29, 0.717) is 30.3 Å². The maximum Gasteiger partial charge on any atom is 0.251 e. The van der Waals surface area contributed by atoms with Crippen LogP contribution in [0.4, 0.5) is 5.69 Å². The quantitative estimate of drug-likeness (QED) is 0.883. The van der Waals surface area contributed by atoms with Crippen LogP contribution < -0.4 is 4.90 Å². The number of rotatable bonds is 5. The number of aliphatic hydroxyl groups is 1. The third-order valence-corrected chi connectivity index (χ3v) is 4.41. The van der Waals surface area contributed by atoms with E-state index in [0.717, 1.165) is 5.69 Å². The highest BCUT2D eigenvalue weighted by molar-refractivity contribution is 7.98. The van der Waals surface area contributed by atoms with Crippen molar-refractivity contribution in [3.8, 4) is 0 Å². The summed E-state index contributed by atoms with van der Waals surface area (Å²) in [5, 5.41) is 10.4. The van der Waals surface area contributed by atoms with Gasteiger partial charge in [-0.25, -0.2) is 0 Å². The van der Waals surface area contributed by atoms with Crippen LogP contribution in [0, 0.1) is 0 Å². The first-order chi connectivity index (χ1) is 10.5. The van der Waals surface area contributed by atoms with E-state index >= 15 is 0 Å². The van der Waals surface area contributed by atoms with Gasteiger partial charge in [0.1, 0.15) is 12.6 Å². The zero-order valence-corrected chi connectivity index (χ0v) is 13.9. The number of piperazine rings is 1. The largest absolute Gasteiger partial charge is 0.383 e. The summed E-state index contributed by atoms with van der Waals surface area (Å²) in [6.45, 7) is 0.801. The third kappa shape index (κ3) is 4.15. The lowest BCUT2D eigenvalue weighted by atomic mass is 10.2. The Morgan fingerprint density at radius 2 is 2.23 bits per heavy atom. The van der Waals surface area contributed by atoms with Gasteiger partial charge in [-0.3, -0.25) is 9.59 Å². The Morgan fingerprint density at radius 3 is 2.86 bits per heavy atom. The predicted molar refractivity (Wildman–Crippen MR) is 89.4 cm³/mol. The minimum absolute atomic E-state index is 0.0122. The van der Waals surface area contributed by atoms with E-state index in [4.69, 9.17) is 11.6 Å². The van der Waals surface area contributed by atoms with Gasteiger partial charge in [-0.2, -0.15) is 11.8 Å². The van der Waals surface area contributed by atoms with Crippen LogP contribution in [-0.4, -0.2) is 59.6 Å². The molecule has 2 amide bonds. The van der Waals surface area contributed by atoms with E-state index in [2.05, 4.69) is 0 Å². The Balaban J connectivity index is 1.98. The zero-order chi connectivity index (χ0) is 16.1. The van der Waals surface area contributed by atoms with E-state index < -0.39 is 6.10 Å². The highest BCUT2D eigenvalue weighted by atomic mass is 35.5. The van der Waals surface area contributed by atoms with Crippen LogP contribution in [0.5, 0.6) is 0 Å². The van der Waals surface area contributed by atoms with E-state index in [1.54, 1.807) is 34.9 Å². The van der Waals surface area contributed by atoms with Crippen molar-refractivity contribution in [2.75, 3.05) is 36.5 Å². The number of aliphatic hydroxyl groups excluding tert-OH is 1. The molecule has 1 aromatic carbocycles. The van der Waals surface area contributed by atoms with Crippen molar-refractivity contribution < 1.29 is 14.7 Å². The number of carbonyl (C=O) groups excluding carboxylic acids is 2. The van der Waals surface area contributed by atoms with Crippen molar-refractivity contribution in [1.82, 2.24) is 4.90 Å². The van der Waals surface area contributed by atoms with Crippen molar-refractivity contribution in [3.05, 3.63) is 29.3 Å². The first-order valence-corrected chi connectivity index (χ1v) is 8.82. The molecule has 1 heterocycles. The molecule has 0 unspecified atom stereocenters. The van der Waals surface area contributed by atoms with Crippen LogP contribution in [0.15, 0.2) is 24.3 Å². The van der Waals surface area contributed by atoms with Gasteiger partial charge in [-0.15, -0.1) is 0 Å².